The van der Waals surface area contributed by atoms with E-state index in [0.29, 0.717) is 5.92 Å². The molecular formula is C11H14BrN3O. The van der Waals surface area contributed by atoms with Crippen molar-refractivity contribution in [3.63, 3.8) is 0 Å². The predicted molar refractivity (Wildman–Crippen MR) is 62.8 cm³/mol. The molecule has 4 rings (SSSR count). The van der Waals surface area contributed by atoms with Crippen LogP contribution in [0.25, 0.3) is 0 Å². The second-order valence-electron chi connectivity index (χ2n) is 4.57. The minimum Gasteiger partial charge on any atom is -0.378 e. The van der Waals surface area contributed by atoms with Gasteiger partial charge in [-0.05, 0) is 34.7 Å². The van der Waals surface area contributed by atoms with E-state index >= 15 is 0 Å². The molecule has 0 saturated carbocycles. The highest BCUT2D eigenvalue weighted by molar-refractivity contribution is 9.10. The number of rotatable bonds is 1. The Hall–Kier alpha value is -0.520. The van der Waals surface area contributed by atoms with Gasteiger partial charge in [0.2, 0.25) is 0 Å². The minimum absolute atomic E-state index is 0.0931. The molecule has 4 nitrogen and oxygen atoms in total. The van der Waals surface area contributed by atoms with E-state index in [1.165, 1.54) is 0 Å². The van der Waals surface area contributed by atoms with Gasteiger partial charge in [0.15, 0.2) is 0 Å². The number of aliphatic hydroxyl groups excluding tert-OH is 1. The fraction of sp³-hybridized carbons (Fsp3) is 0.636. The molecule has 0 radical (unpaired) electrons. The second-order valence-corrected chi connectivity index (χ2v) is 5.49. The van der Waals surface area contributed by atoms with Crippen molar-refractivity contribution in [2.45, 2.75) is 25.0 Å². The van der Waals surface area contributed by atoms with Gasteiger partial charge in [0, 0.05) is 25.5 Å². The molecule has 0 spiro atoms. The molecule has 3 fully saturated rings. The zero-order chi connectivity index (χ0) is 11.1. The first-order chi connectivity index (χ1) is 7.75. The van der Waals surface area contributed by atoms with Gasteiger partial charge < -0.3 is 5.11 Å². The summed E-state index contributed by atoms with van der Waals surface area (Å²) in [5.74, 6) is 1.42. The first-order valence-electron chi connectivity index (χ1n) is 5.65. The van der Waals surface area contributed by atoms with Gasteiger partial charge in [0.25, 0.3) is 0 Å². The summed E-state index contributed by atoms with van der Waals surface area (Å²) in [7, 11) is 0. The maximum absolute atomic E-state index is 10.2. The molecule has 3 aliphatic heterocycles. The van der Waals surface area contributed by atoms with Crippen LogP contribution >= 0.6 is 15.9 Å². The molecule has 86 valence electrons. The summed E-state index contributed by atoms with van der Waals surface area (Å²) in [6.45, 7) is 2.03. The first kappa shape index (κ1) is 10.6. The van der Waals surface area contributed by atoms with Crippen LogP contribution in [0.2, 0.25) is 0 Å². The van der Waals surface area contributed by atoms with E-state index in [0.717, 1.165) is 36.2 Å². The van der Waals surface area contributed by atoms with Crippen LogP contribution in [0.1, 0.15) is 24.6 Å². The second kappa shape index (κ2) is 4.05. The minimum atomic E-state index is -0.395. The van der Waals surface area contributed by atoms with E-state index in [1.807, 2.05) is 0 Å². The van der Waals surface area contributed by atoms with Crippen molar-refractivity contribution in [1.29, 1.82) is 0 Å². The highest BCUT2D eigenvalue weighted by Gasteiger charge is 2.43. The van der Waals surface area contributed by atoms with E-state index in [4.69, 9.17) is 0 Å². The summed E-state index contributed by atoms with van der Waals surface area (Å²) in [6.07, 6.45) is 5.43. The Morgan fingerprint density at radius 3 is 2.44 bits per heavy atom. The average Bonchev–Trinajstić information content (AvgIpc) is 2.32. The topological polar surface area (TPSA) is 49.3 Å². The van der Waals surface area contributed by atoms with Crippen LogP contribution in [0.3, 0.4) is 0 Å². The van der Waals surface area contributed by atoms with Crippen LogP contribution in [0.4, 0.5) is 0 Å². The Morgan fingerprint density at radius 1 is 1.25 bits per heavy atom. The molecule has 16 heavy (non-hydrogen) atoms. The molecule has 1 unspecified atom stereocenters. The lowest BCUT2D eigenvalue weighted by Gasteiger charge is -2.47. The number of piperidine rings is 3. The SMILES string of the molecule is OC1[C@H](c2ncc(Br)cn2)C2CCN1CC2. The molecule has 3 saturated heterocycles. The number of fused-ring (bicyclic) bond motifs is 3. The lowest BCUT2D eigenvalue weighted by Crippen LogP contribution is -2.53. The summed E-state index contributed by atoms with van der Waals surface area (Å²) in [5, 5.41) is 10.2. The Labute approximate surface area is 103 Å². The molecule has 2 atom stereocenters. The smallest absolute Gasteiger partial charge is 0.135 e. The van der Waals surface area contributed by atoms with Crippen LogP contribution in [0.5, 0.6) is 0 Å². The van der Waals surface area contributed by atoms with Crippen molar-refractivity contribution in [3.8, 4) is 0 Å². The molecular weight excluding hydrogens is 270 g/mol. The third-order valence-corrected chi connectivity index (χ3v) is 4.13. The monoisotopic (exact) mass is 283 g/mol. The Balaban J connectivity index is 1.91. The van der Waals surface area contributed by atoms with Crippen LogP contribution in [0.15, 0.2) is 16.9 Å². The third kappa shape index (κ3) is 1.67. The van der Waals surface area contributed by atoms with Crippen molar-refractivity contribution in [3.05, 3.63) is 22.7 Å². The van der Waals surface area contributed by atoms with Crippen molar-refractivity contribution in [2.24, 2.45) is 5.92 Å². The van der Waals surface area contributed by atoms with Gasteiger partial charge in [-0.3, -0.25) is 4.90 Å². The number of hydrogen-bond acceptors (Lipinski definition) is 4. The van der Waals surface area contributed by atoms with E-state index in [-0.39, 0.29) is 5.92 Å². The Morgan fingerprint density at radius 2 is 1.88 bits per heavy atom. The molecule has 0 aromatic carbocycles. The number of aliphatic hydroxyl groups is 1. The largest absolute Gasteiger partial charge is 0.378 e. The molecule has 5 heteroatoms. The summed E-state index contributed by atoms with van der Waals surface area (Å²) in [5.41, 5.74) is 0. The first-order valence-corrected chi connectivity index (χ1v) is 6.44. The quantitative estimate of drug-likeness (QED) is 0.846. The van der Waals surface area contributed by atoms with Crippen molar-refractivity contribution in [2.75, 3.05) is 13.1 Å². The van der Waals surface area contributed by atoms with E-state index < -0.39 is 6.23 Å². The average molecular weight is 284 g/mol. The van der Waals surface area contributed by atoms with Crippen molar-refractivity contribution < 1.29 is 5.11 Å². The summed E-state index contributed by atoms with van der Waals surface area (Å²) >= 11 is 3.33. The molecule has 0 amide bonds. The lowest BCUT2D eigenvalue weighted by atomic mass is 9.77. The lowest BCUT2D eigenvalue weighted by molar-refractivity contribution is -0.0984. The summed E-state index contributed by atoms with van der Waals surface area (Å²) < 4.78 is 0.881. The zero-order valence-corrected chi connectivity index (χ0v) is 10.5. The molecule has 2 bridgehead atoms. The standard InChI is InChI=1S/C11H14BrN3O/c12-8-5-13-10(14-6-8)9-7-1-3-15(4-2-7)11(9)16/h5-7,9,11,16H,1-4H2/t9-,11?/m0/s1. The summed E-state index contributed by atoms with van der Waals surface area (Å²) in [4.78, 5) is 10.8. The normalized spacial score (nSPS) is 37.6. The fourth-order valence-electron chi connectivity index (χ4n) is 2.85. The Kier molecular flexibility index (Phi) is 2.69. The van der Waals surface area contributed by atoms with E-state index in [9.17, 15) is 5.11 Å². The van der Waals surface area contributed by atoms with Gasteiger partial charge >= 0.3 is 0 Å². The van der Waals surface area contributed by atoms with Crippen LogP contribution < -0.4 is 0 Å². The van der Waals surface area contributed by atoms with Gasteiger partial charge in [-0.25, -0.2) is 9.97 Å². The van der Waals surface area contributed by atoms with Gasteiger partial charge in [-0.15, -0.1) is 0 Å². The molecule has 0 aliphatic carbocycles. The molecule has 1 aromatic rings. The Bertz CT molecular complexity index is 373. The van der Waals surface area contributed by atoms with Gasteiger partial charge in [0.1, 0.15) is 12.1 Å². The van der Waals surface area contributed by atoms with Crippen LogP contribution in [0, 0.1) is 5.92 Å². The predicted octanol–water partition coefficient (Wildman–Crippen LogP) is 1.37. The third-order valence-electron chi connectivity index (χ3n) is 3.72. The highest BCUT2D eigenvalue weighted by Crippen LogP contribution is 2.41. The molecule has 3 aliphatic rings. The highest BCUT2D eigenvalue weighted by atomic mass is 79.9. The maximum Gasteiger partial charge on any atom is 0.135 e. The van der Waals surface area contributed by atoms with Gasteiger partial charge in [-0.2, -0.15) is 0 Å². The van der Waals surface area contributed by atoms with Gasteiger partial charge in [-0.1, -0.05) is 0 Å². The number of hydrogen-bond donors (Lipinski definition) is 1. The van der Waals surface area contributed by atoms with E-state index in [2.05, 4.69) is 30.8 Å². The number of aromatic nitrogens is 2. The fourth-order valence-corrected chi connectivity index (χ4v) is 3.06. The van der Waals surface area contributed by atoms with Crippen LogP contribution in [-0.4, -0.2) is 39.3 Å². The van der Waals surface area contributed by atoms with E-state index in [1.54, 1.807) is 12.4 Å². The molecule has 4 heterocycles. The van der Waals surface area contributed by atoms with Crippen molar-refractivity contribution in [1.82, 2.24) is 14.9 Å². The molecule has 1 aromatic heterocycles. The maximum atomic E-state index is 10.2. The van der Waals surface area contributed by atoms with Crippen molar-refractivity contribution >= 4 is 15.9 Å². The number of nitrogens with zero attached hydrogens (tertiary/aromatic N) is 3. The number of halogens is 1. The molecule has 1 N–H and O–H groups in total. The van der Waals surface area contributed by atoms with Gasteiger partial charge in [0.05, 0.1) is 10.4 Å². The summed E-state index contributed by atoms with van der Waals surface area (Å²) in [6, 6.07) is 0. The zero-order valence-electron chi connectivity index (χ0n) is 8.88. The van der Waals surface area contributed by atoms with Crippen LogP contribution in [-0.2, 0) is 0 Å².